The first-order chi connectivity index (χ1) is 13.7. The molecule has 0 atom stereocenters. The Hall–Kier alpha value is -2.64. The summed E-state index contributed by atoms with van der Waals surface area (Å²) in [5.74, 6) is 0. The Morgan fingerprint density at radius 3 is 1.79 bits per heavy atom. The predicted molar refractivity (Wildman–Crippen MR) is 123 cm³/mol. The third kappa shape index (κ3) is 2.36. The molecule has 5 aromatic rings. The number of benzene rings is 5. The van der Waals surface area contributed by atoms with Crippen LogP contribution in [0.2, 0.25) is 0 Å². The normalized spacial score (nSPS) is 12.7. The van der Waals surface area contributed by atoms with Gasteiger partial charge in [-0.05, 0) is 63.9 Å². The van der Waals surface area contributed by atoms with Gasteiger partial charge in [-0.2, -0.15) is 0 Å². The van der Waals surface area contributed by atoms with Gasteiger partial charge in [-0.1, -0.05) is 66.7 Å². The molecule has 5 rings (SSSR count). The maximum atomic E-state index is 2.38. The van der Waals surface area contributed by atoms with Crippen molar-refractivity contribution in [2.24, 2.45) is 0 Å². The summed E-state index contributed by atoms with van der Waals surface area (Å²) in [6.07, 6.45) is 0. The van der Waals surface area contributed by atoms with E-state index in [0.29, 0.717) is 0 Å². The Balaban J connectivity index is 1.98. The van der Waals surface area contributed by atoms with Gasteiger partial charge in [0.2, 0.25) is 0 Å². The zero-order valence-corrected chi connectivity index (χ0v) is 17.1. The summed E-state index contributed by atoms with van der Waals surface area (Å²) < 4.78 is 1.13. The van der Waals surface area contributed by atoms with Crippen molar-refractivity contribution in [3.05, 3.63) is 72.3 Å². The molecule has 1 nitrogen and oxygen atoms in total. The van der Waals surface area contributed by atoms with Gasteiger partial charge in [0.05, 0.1) is 19.6 Å². The van der Waals surface area contributed by atoms with Crippen molar-refractivity contribution in [2.45, 2.75) is 27.3 Å². The van der Waals surface area contributed by atoms with Gasteiger partial charge in [-0.3, -0.25) is 0 Å². The Kier molecular flexibility index (Phi) is 4.03. The molecule has 5 aromatic carbocycles. The highest BCUT2D eigenvalue weighted by Crippen LogP contribution is 2.41. The van der Waals surface area contributed by atoms with Crippen LogP contribution in [0.15, 0.2) is 66.7 Å². The van der Waals surface area contributed by atoms with Crippen LogP contribution in [-0.2, 0) is 6.54 Å². The van der Waals surface area contributed by atoms with Gasteiger partial charge in [0.1, 0.15) is 6.54 Å². The molecule has 0 aromatic heterocycles. The van der Waals surface area contributed by atoms with Gasteiger partial charge >= 0.3 is 0 Å². The van der Waals surface area contributed by atoms with Crippen LogP contribution in [0.25, 0.3) is 43.1 Å². The molecule has 0 radical (unpaired) electrons. The number of hydrogen-bond donors (Lipinski definition) is 0. The van der Waals surface area contributed by atoms with Crippen LogP contribution < -0.4 is 0 Å². The van der Waals surface area contributed by atoms with Crippen LogP contribution in [0, 0.1) is 0 Å². The minimum atomic E-state index is 1.10. The van der Waals surface area contributed by atoms with E-state index in [1.165, 1.54) is 68.3 Å². The fourth-order valence-electron chi connectivity index (χ4n) is 5.20. The third-order valence-corrected chi connectivity index (χ3v) is 7.15. The summed E-state index contributed by atoms with van der Waals surface area (Å²) in [5, 5.41) is 11.2. The van der Waals surface area contributed by atoms with Crippen molar-refractivity contribution in [2.75, 3.05) is 19.6 Å². The van der Waals surface area contributed by atoms with Crippen LogP contribution in [0.3, 0.4) is 0 Å². The third-order valence-electron chi connectivity index (χ3n) is 7.15. The summed E-state index contributed by atoms with van der Waals surface area (Å²) >= 11 is 0. The second kappa shape index (κ2) is 6.46. The summed E-state index contributed by atoms with van der Waals surface area (Å²) in [6.45, 7) is 11.6. The molecule has 140 valence electrons. The van der Waals surface area contributed by atoms with Crippen LogP contribution in [0.1, 0.15) is 26.3 Å². The van der Waals surface area contributed by atoms with Crippen LogP contribution in [-0.4, -0.2) is 24.1 Å². The minimum absolute atomic E-state index is 1.10. The molecule has 0 aliphatic heterocycles. The van der Waals surface area contributed by atoms with Crippen LogP contribution in [0.5, 0.6) is 0 Å². The number of hydrogen-bond acceptors (Lipinski definition) is 0. The van der Waals surface area contributed by atoms with Gasteiger partial charge < -0.3 is 4.48 Å². The maximum Gasteiger partial charge on any atom is 0.106 e. The molecular formula is C27H28N+. The molecule has 0 aliphatic rings. The van der Waals surface area contributed by atoms with Gasteiger partial charge in [0, 0.05) is 5.56 Å². The lowest BCUT2D eigenvalue weighted by Gasteiger charge is -2.36. The zero-order chi connectivity index (χ0) is 19.3. The summed E-state index contributed by atoms with van der Waals surface area (Å²) in [7, 11) is 0. The number of fused-ring (bicyclic) bond motifs is 2. The minimum Gasteiger partial charge on any atom is -0.321 e. The van der Waals surface area contributed by atoms with Crippen molar-refractivity contribution in [1.29, 1.82) is 0 Å². The molecule has 0 fully saturated rings. The topological polar surface area (TPSA) is 0 Å². The Labute approximate surface area is 167 Å². The summed E-state index contributed by atoms with van der Waals surface area (Å²) in [6, 6.07) is 25.0. The fourth-order valence-corrected chi connectivity index (χ4v) is 5.20. The van der Waals surface area contributed by atoms with E-state index in [1.54, 1.807) is 0 Å². The van der Waals surface area contributed by atoms with Crippen LogP contribution in [0.4, 0.5) is 0 Å². The SMILES string of the molecule is CC[N+](CC)(CC)Cc1c2ccccc2c2ccc3cccc4ccc1c2c43. The van der Waals surface area contributed by atoms with E-state index in [9.17, 15) is 0 Å². The number of rotatable bonds is 5. The summed E-state index contributed by atoms with van der Waals surface area (Å²) in [5.41, 5.74) is 1.52. The molecule has 0 spiro atoms. The van der Waals surface area contributed by atoms with Crippen molar-refractivity contribution < 1.29 is 4.48 Å². The van der Waals surface area contributed by atoms with Gasteiger partial charge in [0.15, 0.2) is 0 Å². The van der Waals surface area contributed by atoms with Gasteiger partial charge in [-0.25, -0.2) is 0 Å². The van der Waals surface area contributed by atoms with E-state index in [-0.39, 0.29) is 0 Å². The lowest BCUT2D eigenvalue weighted by atomic mass is 9.87. The molecule has 1 heteroatoms. The fraction of sp³-hybridized carbons (Fsp3) is 0.259. The molecule has 0 aliphatic carbocycles. The number of nitrogens with zero attached hydrogens (tertiary/aromatic N) is 1. The lowest BCUT2D eigenvalue weighted by Crippen LogP contribution is -2.46. The smallest absolute Gasteiger partial charge is 0.106 e. The quantitative estimate of drug-likeness (QED) is 0.176. The van der Waals surface area contributed by atoms with E-state index >= 15 is 0 Å². The average Bonchev–Trinajstić information content (AvgIpc) is 2.76. The number of quaternary nitrogens is 1. The lowest BCUT2D eigenvalue weighted by molar-refractivity contribution is -0.935. The average molecular weight is 367 g/mol. The van der Waals surface area contributed by atoms with E-state index in [4.69, 9.17) is 0 Å². The second-order valence-corrected chi connectivity index (χ2v) is 8.15. The van der Waals surface area contributed by atoms with Crippen molar-refractivity contribution >= 4 is 43.1 Å². The molecule has 28 heavy (non-hydrogen) atoms. The molecule has 0 bridgehead atoms. The molecule has 0 amide bonds. The van der Waals surface area contributed by atoms with Crippen molar-refractivity contribution in [1.82, 2.24) is 0 Å². The van der Waals surface area contributed by atoms with E-state index in [0.717, 1.165) is 11.0 Å². The maximum absolute atomic E-state index is 2.38. The highest BCUT2D eigenvalue weighted by atomic mass is 15.3. The molecule has 0 heterocycles. The van der Waals surface area contributed by atoms with E-state index < -0.39 is 0 Å². The Morgan fingerprint density at radius 2 is 1.14 bits per heavy atom. The van der Waals surface area contributed by atoms with E-state index in [2.05, 4.69) is 87.5 Å². The molecule has 0 saturated carbocycles. The standard InChI is InChI=1S/C27H28N/c1-4-28(5-2,6-3)18-25-22-13-8-7-12-21(22)23-16-14-19-10-9-11-20-15-17-24(25)27(23)26(19)20/h7-17H,4-6,18H2,1-3H3/q+1. The molecule has 0 unspecified atom stereocenters. The second-order valence-electron chi connectivity index (χ2n) is 8.15. The Bertz CT molecular complexity index is 1270. The molecule has 0 N–H and O–H groups in total. The van der Waals surface area contributed by atoms with Gasteiger partial charge in [-0.15, -0.1) is 0 Å². The zero-order valence-electron chi connectivity index (χ0n) is 17.1. The first-order valence-corrected chi connectivity index (χ1v) is 10.6. The summed E-state index contributed by atoms with van der Waals surface area (Å²) in [4.78, 5) is 0. The van der Waals surface area contributed by atoms with Crippen molar-refractivity contribution in [3.8, 4) is 0 Å². The monoisotopic (exact) mass is 366 g/mol. The van der Waals surface area contributed by atoms with E-state index in [1.807, 2.05) is 0 Å². The largest absolute Gasteiger partial charge is 0.321 e. The molecular weight excluding hydrogens is 338 g/mol. The van der Waals surface area contributed by atoms with Crippen LogP contribution >= 0.6 is 0 Å². The Morgan fingerprint density at radius 1 is 0.536 bits per heavy atom. The first-order valence-electron chi connectivity index (χ1n) is 10.6. The first kappa shape index (κ1) is 17.5. The predicted octanol–water partition coefficient (Wildman–Crippen LogP) is 7.11. The highest BCUT2D eigenvalue weighted by molar-refractivity contribution is 6.29. The van der Waals surface area contributed by atoms with Gasteiger partial charge in [0.25, 0.3) is 0 Å². The highest BCUT2D eigenvalue weighted by Gasteiger charge is 2.25. The molecule has 0 saturated heterocycles. The van der Waals surface area contributed by atoms with Crippen molar-refractivity contribution in [3.63, 3.8) is 0 Å².